The molecule has 138 valence electrons. The van der Waals surface area contributed by atoms with Crippen molar-refractivity contribution >= 4 is 28.9 Å². The van der Waals surface area contributed by atoms with Gasteiger partial charge in [-0.15, -0.1) is 0 Å². The number of rotatable bonds is 5. The first-order chi connectivity index (χ1) is 12.8. The third-order valence-electron chi connectivity index (χ3n) is 3.24. The maximum absolute atomic E-state index is 13.6. The number of hydrogen-bond acceptors (Lipinski definition) is 4. The molecule has 0 saturated carbocycles. The molecule has 9 heteroatoms. The van der Waals surface area contributed by atoms with E-state index in [0.717, 1.165) is 12.3 Å². The van der Waals surface area contributed by atoms with Crippen LogP contribution >= 0.6 is 0 Å². The van der Waals surface area contributed by atoms with Gasteiger partial charge in [-0.2, -0.15) is 5.26 Å². The molecule has 0 atom stereocenters. The van der Waals surface area contributed by atoms with Crippen LogP contribution in [0.1, 0.15) is 6.92 Å². The summed E-state index contributed by atoms with van der Waals surface area (Å²) in [4.78, 5) is 23.0. The predicted molar refractivity (Wildman–Crippen MR) is 93.0 cm³/mol. The van der Waals surface area contributed by atoms with Crippen molar-refractivity contribution < 1.29 is 22.8 Å². The third-order valence-corrected chi connectivity index (χ3v) is 3.24. The Bertz CT molecular complexity index is 950. The summed E-state index contributed by atoms with van der Waals surface area (Å²) in [5.74, 6) is -5.56. The SMILES string of the molecule is CC(=O)Nc1ccc(NC(=O)/C(C#N)=C\Nc2ccc(F)c(F)c2F)cc1. The van der Waals surface area contributed by atoms with Crippen LogP contribution in [0.2, 0.25) is 0 Å². The third kappa shape index (κ3) is 5.09. The second-order valence-electron chi connectivity index (χ2n) is 5.25. The van der Waals surface area contributed by atoms with Gasteiger partial charge >= 0.3 is 0 Å². The zero-order valence-corrected chi connectivity index (χ0v) is 13.9. The van der Waals surface area contributed by atoms with Gasteiger partial charge in [0.1, 0.15) is 11.6 Å². The van der Waals surface area contributed by atoms with Gasteiger partial charge in [0.05, 0.1) is 5.69 Å². The summed E-state index contributed by atoms with van der Waals surface area (Å²) in [7, 11) is 0. The zero-order chi connectivity index (χ0) is 20.0. The summed E-state index contributed by atoms with van der Waals surface area (Å²) in [5.41, 5.74) is 0.000431. The summed E-state index contributed by atoms with van der Waals surface area (Å²) < 4.78 is 39.6. The van der Waals surface area contributed by atoms with E-state index in [-0.39, 0.29) is 5.91 Å². The average molecular weight is 374 g/mol. The fourth-order valence-corrected chi connectivity index (χ4v) is 1.97. The van der Waals surface area contributed by atoms with Gasteiger partial charge in [-0.25, -0.2) is 13.2 Å². The molecule has 3 N–H and O–H groups in total. The van der Waals surface area contributed by atoms with E-state index in [0.29, 0.717) is 17.4 Å². The van der Waals surface area contributed by atoms with Crippen LogP contribution in [0.4, 0.5) is 30.2 Å². The first-order valence-corrected chi connectivity index (χ1v) is 7.51. The molecule has 0 spiro atoms. The van der Waals surface area contributed by atoms with Crippen LogP contribution in [-0.4, -0.2) is 11.8 Å². The highest BCUT2D eigenvalue weighted by Gasteiger charge is 2.14. The normalized spacial score (nSPS) is 10.7. The number of anilines is 3. The van der Waals surface area contributed by atoms with Crippen molar-refractivity contribution in [2.24, 2.45) is 0 Å². The molecule has 2 rings (SSSR count). The van der Waals surface area contributed by atoms with Crippen LogP contribution in [0.3, 0.4) is 0 Å². The van der Waals surface area contributed by atoms with E-state index in [4.69, 9.17) is 5.26 Å². The molecule has 6 nitrogen and oxygen atoms in total. The Morgan fingerprint density at radius 1 is 0.963 bits per heavy atom. The molecule has 0 unspecified atom stereocenters. The molecular formula is C18H13F3N4O2. The molecule has 2 amide bonds. The van der Waals surface area contributed by atoms with Crippen LogP contribution in [-0.2, 0) is 9.59 Å². The maximum atomic E-state index is 13.6. The first kappa shape index (κ1) is 19.5. The summed E-state index contributed by atoms with van der Waals surface area (Å²) in [5, 5.41) is 16.3. The summed E-state index contributed by atoms with van der Waals surface area (Å²) >= 11 is 0. The van der Waals surface area contributed by atoms with Gasteiger partial charge in [-0.3, -0.25) is 9.59 Å². The van der Waals surface area contributed by atoms with E-state index in [2.05, 4.69) is 16.0 Å². The van der Waals surface area contributed by atoms with Crippen molar-refractivity contribution in [2.45, 2.75) is 6.92 Å². The molecule has 2 aromatic carbocycles. The first-order valence-electron chi connectivity index (χ1n) is 7.51. The van der Waals surface area contributed by atoms with Crippen LogP contribution in [0.25, 0.3) is 0 Å². The second-order valence-corrected chi connectivity index (χ2v) is 5.25. The Hall–Kier alpha value is -3.80. The number of hydrogen-bond donors (Lipinski definition) is 3. The van der Waals surface area contributed by atoms with E-state index < -0.39 is 34.6 Å². The Balaban J connectivity index is 2.09. The number of nitrogens with zero attached hydrogens (tertiary/aromatic N) is 1. The molecule has 0 fully saturated rings. The van der Waals surface area contributed by atoms with Crippen LogP contribution in [0.5, 0.6) is 0 Å². The Kier molecular flexibility index (Phi) is 6.17. The number of carbonyl (C=O) groups excluding carboxylic acids is 2. The molecule has 2 aromatic rings. The van der Waals surface area contributed by atoms with Crippen molar-refractivity contribution in [3.8, 4) is 6.07 Å². The molecule has 0 saturated heterocycles. The molecule has 0 bridgehead atoms. The number of halogens is 3. The number of nitriles is 1. The highest BCUT2D eigenvalue weighted by Crippen LogP contribution is 2.20. The van der Waals surface area contributed by atoms with E-state index >= 15 is 0 Å². The van der Waals surface area contributed by atoms with Crippen molar-refractivity contribution in [3.63, 3.8) is 0 Å². The van der Waals surface area contributed by atoms with Gasteiger partial charge in [-0.1, -0.05) is 0 Å². The second kappa shape index (κ2) is 8.53. The number of nitrogens with one attached hydrogen (secondary N) is 3. The molecule has 27 heavy (non-hydrogen) atoms. The minimum atomic E-state index is -1.67. The molecule has 0 heterocycles. The average Bonchev–Trinajstić information content (AvgIpc) is 2.63. The lowest BCUT2D eigenvalue weighted by molar-refractivity contribution is -0.114. The van der Waals surface area contributed by atoms with Gasteiger partial charge in [0, 0.05) is 24.5 Å². The minimum absolute atomic E-state index is 0.253. The quantitative estimate of drug-likeness (QED) is 0.424. The van der Waals surface area contributed by atoms with E-state index in [9.17, 15) is 22.8 Å². The highest BCUT2D eigenvalue weighted by molar-refractivity contribution is 6.06. The van der Waals surface area contributed by atoms with Gasteiger partial charge < -0.3 is 16.0 Å². The van der Waals surface area contributed by atoms with Crippen molar-refractivity contribution in [1.29, 1.82) is 5.26 Å². The van der Waals surface area contributed by atoms with Gasteiger partial charge in [-0.05, 0) is 36.4 Å². The topological polar surface area (TPSA) is 94.0 Å². The van der Waals surface area contributed by atoms with Crippen LogP contribution in [0, 0.1) is 28.8 Å². The zero-order valence-electron chi connectivity index (χ0n) is 13.9. The predicted octanol–water partition coefficient (Wildman–Crippen LogP) is 3.52. The summed E-state index contributed by atoms with van der Waals surface area (Å²) in [6.45, 7) is 1.35. The minimum Gasteiger partial charge on any atom is -0.358 e. The monoisotopic (exact) mass is 374 g/mol. The fourth-order valence-electron chi connectivity index (χ4n) is 1.97. The van der Waals surface area contributed by atoms with Crippen LogP contribution in [0.15, 0.2) is 48.2 Å². The van der Waals surface area contributed by atoms with E-state index in [1.807, 2.05) is 0 Å². The molecule has 0 radical (unpaired) electrons. The van der Waals surface area contributed by atoms with Crippen molar-refractivity contribution in [3.05, 3.63) is 65.6 Å². The van der Waals surface area contributed by atoms with Gasteiger partial charge in [0.2, 0.25) is 5.91 Å². The molecule has 0 aliphatic heterocycles. The Labute approximate surface area is 152 Å². The smallest absolute Gasteiger partial charge is 0.267 e. The molecule has 0 aromatic heterocycles. The lowest BCUT2D eigenvalue weighted by Gasteiger charge is -2.07. The Morgan fingerprint density at radius 3 is 2.11 bits per heavy atom. The summed E-state index contributed by atoms with van der Waals surface area (Å²) in [6, 6.07) is 9.34. The highest BCUT2D eigenvalue weighted by atomic mass is 19.2. The Morgan fingerprint density at radius 2 is 1.56 bits per heavy atom. The summed E-state index contributed by atoms with van der Waals surface area (Å²) in [6.07, 6.45) is 0.872. The molecule has 0 aliphatic carbocycles. The lowest BCUT2D eigenvalue weighted by atomic mass is 10.2. The number of carbonyl (C=O) groups is 2. The number of amides is 2. The van der Waals surface area contributed by atoms with Gasteiger partial charge in [0.25, 0.3) is 5.91 Å². The molecule has 0 aliphatic rings. The maximum Gasteiger partial charge on any atom is 0.267 e. The van der Waals surface area contributed by atoms with Crippen molar-refractivity contribution in [1.82, 2.24) is 0 Å². The number of benzene rings is 2. The standard InChI is InChI=1S/C18H13F3N4O2/c1-10(26)24-12-2-4-13(5-3-12)25-18(27)11(8-22)9-23-15-7-6-14(19)16(20)17(15)21/h2-7,9,23H,1H3,(H,24,26)(H,25,27)/b11-9-. The lowest BCUT2D eigenvalue weighted by Crippen LogP contribution is -2.15. The van der Waals surface area contributed by atoms with E-state index in [1.165, 1.54) is 19.1 Å². The van der Waals surface area contributed by atoms with Gasteiger partial charge in [0.15, 0.2) is 17.5 Å². The van der Waals surface area contributed by atoms with Crippen LogP contribution < -0.4 is 16.0 Å². The fraction of sp³-hybridized carbons (Fsp3) is 0.0556. The molecular weight excluding hydrogens is 361 g/mol. The van der Waals surface area contributed by atoms with E-state index in [1.54, 1.807) is 18.2 Å². The van der Waals surface area contributed by atoms with Crippen molar-refractivity contribution in [2.75, 3.05) is 16.0 Å². The largest absolute Gasteiger partial charge is 0.358 e.